The summed E-state index contributed by atoms with van der Waals surface area (Å²) in [6.07, 6.45) is 5.67. The lowest BCUT2D eigenvalue weighted by atomic mass is 10.1. The number of hydrogen-bond acceptors (Lipinski definition) is 4. The van der Waals surface area contributed by atoms with Crippen molar-refractivity contribution in [2.45, 2.75) is 38.3 Å². The van der Waals surface area contributed by atoms with Crippen LogP contribution in [-0.4, -0.2) is 58.4 Å². The molecule has 0 spiro atoms. The fraction of sp³-hybridized carbons (Fsp3) is 0.409. The summed E-state index contributed by atoms with van der Waals surface area (Å²) < 4.78 is 6.03. The average Bonchev–Trinajstić information content (AvgIpc) is 3.38. The summed E-state index contributed by atoms with van der Waals surface area (Å²) in [4.78, 5) is 34.0. The second kappa shape index (κ2) is 8.00. The van der Waals surface area contributed by atoms with Gasteiger partial charge in [0.25, 0.3) is 5.91 Å². The van der Waals surface area contributed by atoms with Crippen LogP contribution in [0.3, 0.4) is 0 Å². The molecule has 0 saturated carbocycles. The van der Waals surface area contributed by atoms with E-state index >= 15 is 0 Å². The van der Waals surface area contributed by atoms with Crippen molar-refractivity contribution in [3.05, 3.63) is 59.9 Å². The van der Waals surface area contributed by atoms with E-state index < -0.39 is 6.04 Å². The lowest BCUT2D eigenvalue weighted by Gasteiger charge is -2.27. The Labute approximate surface area is 165 Å². The van der Waals surface area contributed by atoms with Gasteiger partial charge in [0, 0.05) is 31.3 Å². The summed E-state index contributed by atoms with van der Waals surface area (Å²) >= 11 is 0. The van der Waals surface area contributed by atoms with Crippen LogP contribution in [0, 0.1) is 6.92 Å². The zero-order valence-corrected chi connectivity index (χ0v) is 16.1. The van der Waals surface area contributed by atoms with E-state index in [2.05, 4.69) is 4.98 Å². The van der Waals surface area contributed by atoms with Crippen LogP contribution < -0.4 is 4.74 Å². The summed E-state index contributed by atoms with van der Waals surface area (Å²) in [5, 5.41) is 0. The number of likely N-dealkylation sites (tertiary alicyclic amines) is 2. The molecule has 0 N–H and O–H groups in total. The molecule has 146 valence electrons. The molecule has 3 heterocycles. The van der Waals surface area contributed by atoms with Gasteiger partial charge in [-0.15, -0.1) is 0 Å². The van der Waals surface area contributed by atoms with Gasteiger partial charge in [-0.05, 0) is 44.0 Å². The third-order valence-electron chi connectivity index (χ3n) is 5.43. The largest absolute Gasteiger partial charge is 0.487 e. The number of hydrogen-bond donors (Lipinski definition) is 0. The fourth-order valence-electron chi connectivity index (χ4n) is 4.04. The number of ether oxygens (including phenoxy) is 1. The fourth-order valence-corrected chi connectivity index (χ4v) is 4.04. The van der Waals surface area contributed by atoms with Gasteiger partial charge in [0.05, 0.1) is 12.7 Å². The first-order valence-corrected chi connectivity index (χ1v) is 9.85. The first-order valence-electron chi connectivity index (χ1n) is 9.85. The minimum atomic E-state index is -0.479. The maximum Gasteiger partial charge on any atom is 0.254 e. The number of aryl methyl sites for hydroxylation is 1. The Hall–Kier alpha value is -2.89. The van der Waals surface area contributed by atoms with Crippen molar-refractivity contribution in [1.82, 2.24) is 14.8 Å². The van der Waals surface area contributed by atoms with Gasteiger partial charge in [-0.2, -0.15) is 0 Å². The van der Waals surface area contributed by atoms with E-state index in [1.54, 1.807) is 17.3 Å². The molecule has 2 atom stereocenters. The maximum atomic E-state index is 13.2. The molecule has 4 rings (SSSR count). The van der Waals surface area contributed by atoms with Crippen molar-refractivity contribution in [3.8, 4) is 5.75 Å². The molecule has 2 unspecified atom stereocenters. The van der Waals surface area contributed by atoms with Gasteiger partial charge in [0.1, 0.15) is 17.9 Å². The van der Waals surface area contributed by atoms with Crippen molar-refractivity contribution >= 4 is 11.8 Å². The molecule has 2 aliphatic heterocycles. The lowest BCUT2D eigenvalue weighted by molar-refractivity contribution is -0.134. The molecule has 0 aliphatic carbocycles. The van der Waals surface area contributed by atoms with Crippen LogP contribution >= 0.6 is 0 Å². The third kappa shape index (κ3) is 3.86. The summed E-state index contributed by atoms with van der Waals surface area (Å²) in [5.74, 6) is 0.582. The molecular weight excluding hydrogens is 354 g/mol. The van der Waals surface area contributed by atoms with E-state index in [1.165, 1.54) is 0 Å². The smallest absolute Gasteiger partial charge is 0.254 e. The molecule has 1 aromatic heterocycles. The van der Waals surface area contributed by atoms with E-state index in [-0.39, 0.29) is 17.9 Å². The first-order chi connectivity index (χ1) is 13.6. The standard InChI is InChI=1S/C22H25N3O3/c1-16-6-4-7-17(12-16)21(26)25-15-19(28-18-8-5-9-23-14-18)13-20(25)22(27)24-10-2-3-11-24/h4-9,12,14,19-20H,2-3,10-11,13,15H2,1H3. The van der Waals surface area contributed by atoms with E-state index in [0.717, 1.165) is 31.5 Å². The molecule has 1 aromatic carbocycles. The summed E-state index contributed by atoms with van der Waals surface area (Å²) in [7, 11) is 0. The molecule has 2 aliphatic rings. The van der Waals surface area contributed by atoms with Gasteiger partial charge in [-0.3, -0.25) is 14.6 Å². The van der Waals surface area contributed by atoms with Gasteiger partial charge in [0.15, 0.2) is 0 Å². The Morgan fingerprint density at radius 2 is 1.96 bits per heavy atom. The second-order valence-electron chi connectivity index (χ2n) is 7.54. The maximum absolute atomic E-state index is 13.2. The molecule has 2 aromatic rings. The number of carbonyl (C=O) groups is 2. The summed E-state index contributed by atoms with van der Waals surface area (Å²) in [6.45, 7) is 3.90. The molecule has 6 heteroatoms. The highest BCUT2D eigenvalue weighted by Crippen LogP contribution is 2.27. The monoisotopic (exact) mass is 379 g/mol. The normalized spacial score (nSPS) is 21.8. The Balaban J connectivity index is 1.56. The topological polar surface area (TPSA) is 62.7 Å². The average molecular weight is 379 g/mol. The Morgan fingerprint density at radius 1 is 1.14 bits per heavy atom. The lowest BCUT2D eigenvalue weighted by Crippen LogP contribution is -2.47. The minimum absolute atomic E-state index is 0.0378. The SMILES string of the molecule is Cc1cccc(C(=O)N2CC(Oc3cccnc3)CC2C(=O)N2CCCC2)c1. The van der Waals surface area contributed by atoms with Crippen molar-refractivity contribution < 1.29 is 14.3 Å². The van der Waals surface area contributed by atoms with Crippen LogP contribution in [0.1, 0.15) is 35.2 Å². The number of benzene rings is 1. The van der Waals surface area contributed by atoms with Gasteiger partial charge in [-0.1, -0.05) is 17.7 Å². The number of aromatic nitrogens is 1. The number of nitrogens with zero attached hydrogens (tertiary/aromatic N) is 3. The molecule has 28 heavy (non-hydrogen) atoms. The third-order valence-corrected chi connectivity index (χ3v) is 5.43. The van der Waals surface area contributed by atoms with Crippen LogP contribution in [0.2, 0.25) is 0 Å². The summed E-state index contributed by atoms with van der Waals surface area (Å²) in [5.41, 5.74) is 1.64. The molecule has 6 nitrogen and oxygen atoms in total. The molecule has 2 fully saturated rings. The highest BCUT2D eigenvalue weighted by atomic mass is 16.5. The van der Waals surface area contributed by atoms with Gasteiger partial charge >= 0.3 is 0 Å². The van der Waals surface area contributed by atoms with Crippen molar-refractivity contribution in [1.29, 1.82) is 0 Å². The van der Waals surface area contributed by atoms with Crippen molar-refractivity contribution in [3.63, 3.8) is 0 Å². The molecule has 0 radical (unpaired) electrons. The summed E-state index contributed by atoms with van der Waals surface area (Å²) in [6, 6.07) is 10.7. The van der Waals surface area contributed by atoms with E-state index in [0.29, 0.717) is 24.3 Å². The van der Waals surface area contributed by atoms with Crippen LogP contribution in [0.15, 0.2) is 48.8 Å². The second-order valence-corrected chi connectivity index (χ2v) is 7.54. The predicted octanol–water partition coefficient (Wildman–Crippen LogP) is 2.67. The Kier molecular flexibility index (Phi) is 5.28. The quantitative estimate of drug-likeness (QED) is 0.819. The van der Waals surface area contributed by atoms with Gasteiger partial charge in [-0.25, -0.2) is 0 Å². The van der Waals surface area contributed by atoms with Gasteiger partial charge < -0.3 is 14.5 Å². The van der Waals surface area contributed by atoms with Crippen LogP contribution in [0.5, 0.6) is 5.75 Å². The zero-order valence-electron chi connectivity index (χ0n) is 16.1. The van der Waals surface area contributed by atoms with Crippen LogP contribution in [-0.2, 0) is 4.79 Å². The van der Waals surface area contributed by atoms with E-state index in [1.807, 2.05) is 48.2 Å². The van der Waals surface area contributed by atoms with Crippen molar-refractivity contribution in [2.24, 2.45) is 0 Å². The number of rotatable bonds is 4. The van der Waals surface area contributed by atoms with Crippen molar-refractivity contribution in [2.75, 3.05) is 19.6 Å². The van der Waals surface area contributed by atoms with E-state index in [4.69, 9.17) is 4.74 Å². The van der Waals surface area contributed by atoms with E-state index in [9.17, 15) is 9.59 Å². The number of pyridine rings is 1. The molecule has 2 saturated heterocycles. The molecule has 2 amide bonds. The zero-order chi connectivity index (χ0) is 19.5. The highest BCUT2D eigenvalue weighted by Gasteiger charge is 2.43. The Morgan fingerprint density at radius 3 is 2.68 bits per heavy atom. The molecule has 0 bridgehead atoms. The van der Waals surface area contributed by atoms with Crippen LogP contribution in [0.4, 0.5) is 0 Å². The molecular formula is C22H25N3O3. The highest BCUT2D eigenvalue weighted by molar-refractivity contribution is 5.98. The number of carbonyl (C=O) groups excluding carboxylic acids is 2. The van der Waals surface area contributed by atoms with Crippen LogP contribution in [0.25, 0.3) is 0 Å². The first kappa shape index (κ1) is 18.5. The van der Waals surface area contributed by atoms with Gasteiger partial charge in [0.2, 0.25) is 5.91 Å². The number of amides is 2. The minimum Gasteiger partial charge on any atom is -0.487 e. The Bertz CT molecular complexity index is 849. The predicted molar refractivity (Wildman–Crippen MR) is 105 cm³/mol.